The van der Waals surface area contributed by atoms with Crippen molar-refractivity contribution in [2.45, 2.75) is 32.2 Å². The van der Waals surface area contributed by atoms with Crippen molar-refractivity contribution in [1.82, 2.24) is 24.8 Å². The van der Waals surface area contributed by atoms with Crippen LogP contribution < -0.4 is 10.9 Å². The number of nitrogens with zero attached hydrogens (tertiary/aromatic N) is 3. The number of carbonyl (C=O) groups is 1. The molecular formula is C21H25N5O2. The highest BCUT2D eigenvalue weighted by Gasteiger charge is 2.25. The van der Waals surface area contributed by atoms with Gasteiger partial charge in [0, 0.05) is 49.4 Å². The van der Waals surface area contributed by atoms with E-state index in [1.54, 1.807) is 0 Å². The molecule has 0 radical (unpaired) electrons. The number of aromatic nitrogens is 3. The molecule has 1 fully saturated rings. The predicted octanol–water partition coefficient (Wildman–Crippen LogP) is 2.62. The van der Waals surface area contributed by atoms with Crippen LogP contribution in [-0.4, -0.2) is 45.1 Å². The summed E-state index contributed by atoms with van der Waals surface area (Å²) in [5.41, 5.74) is 2.98. The molecule has 1 aliphatic rings. The van der Waals surface area contributed by atoms with Gasteiger partial charge in [0.05, 0.1) is 12.0 Å². The molecule has 1 saturated heterocycles. The molecule has 1 aromatic carbocycles. The number of benzene rings is 1. The highest BCUT2D eigenvalue weighted by molar-refractivity contribution is 5.81. The quantitative estimate of drug-likeness (QED) is 0.731. The first-order valence-corrected chi connectivity index (χ1v) is 9.74. The van der Waals surface area contributed by atoms with Crippen LogP contribution in [0.15, 0.2) is 47.5 Å². The normalized spacial score (nSPS) is 17.0. The average Bonchev–Trinajstić information content (AvgIpc) is 3.03. The Balaban J connectivity index is 1.36. The first kappa shape index (κ1) is 18.3. The van der Waals surface area contributed by atoms with E-state index in [4.69, 9.17) is 0 Å². The molecule has 0 bridgehead atoms. The fraction of sp³-hybridized carbons (Fsp3) is 0.381. The molecule has 7 nitrogen and oxygen atoms in total. The second-order valence-corrected chi connectivity index (χ2v) is 7.35. The first-order valence-electron chi connectivity index (χ1n) is 9.74. The summed E-state index contributed by atoms with van der Waals surface area (Å²) in [6.45, 7) is 4.72. The van der Waals surface area contributed by atoms with Crippen LogP contribution in [0.4, 0.5) is 4.79 Å². The zero-order valence-electron chi connectivity index (χ0n) is 16.0. The summed E-state index contributed by atoms with van der Waals surface area (Å²) in [5, 5.41) is 4.26. The van der Waals surface area contributed by atoms with Crippen molar-refractivity contribution in [1.29, 1.82) is 0 Å². The molecular weight excluding hydrogens is 354 g/mol. The van der Waals surface area contributed by atoms with Crippen molar-refractivity contribution in [2.24, 2.45) is 0 Å². The minimum atomic E-state index is -0.152. The van der Waals surface area contributed by atoms with Gasteiger partial charge in [-0.2, -0.15) is 0 Å². The predicted molar refractivity (Wildman–Crippen MR) is 108 cm³/mol. The molecule has 146 valence electrons. The van der Waals surface area contributed by atoms with E-state index in [9.17, 15) is 9.59 Å². The minimum absolute atomic E-state index is 0.0522. The van der Waals surface area contributed by atoms with E-state index >= 15 is 0 Å². The summed E-state index contributed by atoms with van der Waals surface area (Å²) < 4.78 is 2.23. The van der Waals surface area contributed by atoms with Crippen LogP contribution >= 0.6 is 0 Å². The summed E-state index contributed by atoms with van der Waals surface area (Å²) in [5.74, 6) is 0.109. The molecule has 1 aliphatic heterocycles. The van der Waals surface area contributed by atoms with Crippen molar-refractivity contribution in [2.75, 3.05) is 19.6 Å². The molecule has 0 aliphatic carbocycles. The number of H-pyrrole nitrogens is 1. The number of fused-ring (bicyclic) bond motifs is 1. The maximum atomic E-state index is 12.6. The number of nitrogens with one attached hydrogen (secondary N) is 2. The van der Waals surface area contributed by atoms with Crippen molar-refractivity contribution in [3.05, 3.63) is 64.5 Å². The Morgan fingerprint density at radius 1 is 1.32 bits per heavy atom. The summed E-state index contributed by atoms with van der Waals surface area (Å²) in [6.07, 6.45) is 3.28. The fourth-order valence-corrected chi connectivity index (χ4v) is 4.04. The number of likely N-dealkylation sites (tertiary alicyclic amines) is 1. The van der Waals surface area contributed by atoms with Crippen LogP contribution in [0.3, 0.4) is 0 Å². The van der Waals surface area contributed by atoms with E-state index in [0.717, 1.165) is 31.6 Å². The van der Waals surface area contributed by atoms with Gasteiger partial charge in [-0.05, 0) is 37.3 Å². The lowest BCUT2D eigenvalue weighted by Gasteiger charge is -2.32. The fourth-order valence-electron chi connectivity index (χ4n) is 4.04. The number of aryl methyl sites for hydroxylation is 1. The highest BCUT2D eigenvalue weighted by atomic mass is 16.2. The largest absolute Gasteiger partial charge is 0.343 e. The van der Waals surface area contributed by atoms with Gasteiger partial charge >= 0.3 is 6.03 Å². The third-order valence-corrected chi connectivity index (χ3v) is 5.46. The lowest BCUT2D eigenvalue weighted by molar-refractivity contribution is 0.178. The zero-order chi connectivity index (χ0) is 19.5. The number of hydrogen-bond acceptors (Lipinski definition) is 3. The molecule has 2 amide bonds. The van der Waals surface area contributed by atoms with Crippen LogP contribution in [0, 0.1) is 6.92 Å². The van der Waals surface area contributed by atoms with Crippen LogP contribution in [0.1, 0.15) is 30.1 Å². The van der Waals surface area contributed by atoms with Crippen molar-refractivity contribution < 1.29 is 4.79 Å². The number of para-hydroxylation sites is 1. The molecule has 3 aromatic rings. The van der Waals surface area contributed by atoms with Gasteiger partial charge in [0.15, 0.2) is 0 Å². The Hall–Kier alpha value is -3.09. The number of hydrogen-bond donors (Lipinski definition) is 2. The molecule has 4 rings (SSSR count). The number of amides is 2. The maximum absolute atomic E-state index is 12.6. The first-order chi connectivity index (χ1) is 13.6. The van der Waals surface area contributed by atoms with E-state index < -0.39 is 0 Å². The van der Waals surface area contributed by atoms with Gasteiger partial charge in [-0.15, -0.1) is 0 Å². The second kappa shape index (κ2) is 7.88. The van der Waals surface area contributed by atoms with Gasteiger partial charge in [0.1, 0.15) is 0 Å². The topological polar surface area (TPSA) is 83.0 Å². The van der Waals surface area contributed by atoms with E-state index in [-0.39, 0.29) is 17.5 Å². The lowest BCUT2D eigenvalue weighted by Crippen LogP contribution is -2.45. The zero-order valence-corrected chi connectivity index (χ0v) is 16.0. The minimum Gasteiger partial charge on any atom is -0.343 e. The van der Waals surface area contributed by atoms with Crippen LogP contribution in [0.5, 0.6) is 0 Å². The SMILES string of the molecule is Cc1cc2ccccc2n1CCNC(=O)N1CCC[C@@H](c2cc(=O)[nH]cn2)C1. The van der Waals surface area contributed by atoms with Gasteiger partial charge in [0.2, 0.25) is 0 Å². The highest BCUT2D eigenvalue weighted by Crippen LogP contribution is 2.24. The molecule has 3 heterocycles. The second-order valence-electron chi connectivity index (χ2n) is 7.35. The monoisotopic (exact) mass is 379 g/mol. The maximum Gasteiger partial charge on any atom is 0.317 e. The number of aromatic amines is 1. The van der Waals surface area contributed by atoms with E-state index in [2.05, 4.69) is 45.0 Å². The van der Waals surface area contributed by atoms with Gasteiger partial charge in [0.25, 0.3) is 5.56 Å². The van der Waals surface area contributed by atoms with Crippen molar-refractivity contribution in [3.8, 4) is 0 Å². The molecule has 0 spiro atoms. The summed E-state index contributed by atoms with van der Waals surface area (Å²) >= 11 is 0. The summed E-state index contributed by atoms with van der Waals surface area (Å²) in [6, 6.07) is 11.9. The van der Waals surface area contributed by atoms with Gasteiger partial charge in [-0.25, -0.2) is 9.78 Å². The number of urea groups is 1. The molecule has 2 N–H and O–H groups in total. The Labute approximate surface area is 163 Å². The standard InChI is InChI=1S/C21H25N5O2/c1-15-11-16-5-2-3-7-19(16)26(15)10-8-22-21(28)25-9-4-6-17(13-25)18-12-20(27)24-14-23-18/h2-3,5,7,11-12,14,17H,4,6,8-10,13H2,1H3,(H,22,28)(H,23,24,27)/t17-/m1/s1. The van der Waals surface area contributed by atoms with Gasteiger partial charge in [-0.1, -0.05) is 18.2 Å². The number of carbonyl (C=O) groups excluding carboxylic acids is 1. The van der Waals surface area contributed by atoms with Crippen molar-refractivity contribution in [3.63, 3.8) is 0 Å². The third kappa shape index (κ3) is 3.78. The van der Waals surface area contributed by atoms with Crippen molar-refractivity contribution >= 4 is 16.9 Å². The molecule has 0 saturated carbocycles. The Kier molecular flexibility index (Phi) is 5.14. The molecule has 2 aromatic heterocycles. The van der Waals surface area contributed by atoms with Crippen LogP contribution in [0.2, 0.25) is 0 Å². The van der Waals surface area contributed by atoms with E-state index in [1.165, 1.54) is 29.0 Å². The molecule has 0 unspecified atom stereocenters. The Bertz CT molecular complexity index is 1040. The summed E-state index contributed by atoms with van der Waals surface area (Å²) in [4.78, 5) is 32.8. The molecule has 28 heavy (non-hydrogen) atoms. The van der Waals surface area contributed by atoms with Gasteiger partial charge < -0.3 is 19.8 Å². The van der Waals surface area contributed by atoms with E-state index in [0.29, 0.717) is 13.1 Å². The lowest BCUT2D eigenvalue weighted by atomic mass is 9.95. The number of rotatable bonds is 4. The van der Waals surface area contributed by atoms with Crippen LogP contribution in [-0.2, 0) is 6.54 Å². The summed E-state index contributed by atoms with van der Waals surface area (Å²) in [7, 11) is 0. The molecule has 1 atom stereocenters. The van der Waals surface area contributed by atoms with E-state index in [1.807, 2.05) is 17.0 Å². The number of piperidine rings is 1. The van der Waals surface area contributed by atoms with Crippen LogP contribution in [0.25, 0.3) is 10.9 Å². The Morgan fingerprint density at radius 2 is 2.18 bits per heavy atom. The third-order valence-electron chi connectivity index (χ3n) is 5.46. The van der Waals surface area contributed by atoms with Gasteiger partial charge in [-0.3, -0.25) is 4.79 Å². The average molecular weight is 379 g/mol. The smallest absolute Gasteiger partial charge is 0.317 e. The Morgan fingerprint density at radius 3 is 3.04 bits per heavy atom. The molecule has 7 heteroatoms.